The smallest absolute Gasteiger partial charge is 0.134 e. The van der Waals surface area contributed by atoms with Crippen LogP contribution in [0.15, 0.2) is 54.6 Å². The lowest BCUT2D eigenvalue weighted by atomic mass is 9.78. The fourth-order valence-electron chi connectivity index (χ4n) is 5.36. The number of halogens is 1. The highest BCUT2D eigenvalue weighted by molar-refractivity contribution is 5.85. The van der Waals surface area contributed by atoms with Crippen molar-refractivity contribution >= 4 is 10.8 Å². The van der Waals surface area contributed by atoms with Gasteiger partial charge in [0.05, 0.1) is 0 Å². The first-order chi connectivity index (χ1) is 16.2. The van der Waals surface area contributed by atoms with Crippen LogP contribution >= 0.6 is 0 Å². The van der Waals surface area contributed by atoms with E-state index in [1.165, 1.54) is 56.9 Å². The molecule has 1 saturated carbocycles. The van der Waals surface area contributed by atoms with Crippen LogP contribution in [0.25, 0.3) is 10.8 Å². The minimum Gasteiger partial charge on any atom is -0.206 e. The van der Waals surface area contributed by atoms with E-state index in [1.54, 1.807) is 0 Å². The molecule has 0 heterocycles. The normalized spacial score (nSPS) is 18.2. The molecule has 1 heteroatoms. The molecule has 1 aliphatic carbocycles. The van der Waals surface area contributed by atoms with Crippen LogP contribution in [0.1, 0.15) is 87.5 Å². The first kappa shape index (κ1) is 23.6. The van der Waals surface area contributed by atoms with E-state index < -0.39 is 0 Å². The molecule has 0 spiro atoms. The quantitative estimate of drug-likeness (QED) is 0.322. The monoisotopic (exact) mass is 440 g/mol. The van der Waals surface area contributed by atoms with Gasteiger partial charge in [-0.3, -0.25) is 0 Å². The average Bonchev–Trinajstić information content (AvgIpc) is 2.85. The van der Waals surface area contributed by atoms with Gasteiger partial charge in [-0.15, -0.1) is 0 Å². The summed E-state index contributed by atoms with van der Waals surface area (Å²) in [6.07, 6.45) is 12.7. The summed E-state index contributed by atoms with van der Waals surface area (Å²) in [7, 11) is 0. The Morgan fingerprint density at radius 2 is 1.39 bits per heavy atom. The average molecular weight is 441 g/mol. The lowest BCUT2D eigenvalue weighted by Crippen LogP contribution is -2.15. The maximum atomic E-state index is 14.7. The lowest BCUT2D eigenvalue weighted by molar-refractivity contribution is 0.252. The van der Waals surface area contributed by atoms with Gasteiger partial charge in [-0.2, -0.15) is 0 Å². The molecular weight excluding hydrogens is 403 g/mol. The molecular formula is C32H37F. The predicted molar refractivity (Wildman–Crippen MR) is 139 cm³/mol. The number of aryl methyl sites for hydroxylation is 2. The standard InChI is InChI=1S/C32H37F/c1-3-5-24-7-9-25(10-8-24)11-12-26-13-15-27(16-14-26)17-18-28-19-22-31-30(23-28)21-20-29(6-4-2)32(31)33/h13-16,19-25H,3-12H2,1-2H3. The molecule has 0 aromatic heterocycles. The first-order valence-electron chi connectivity index (χ1n) is 13.0. The van der Waals surface area contributed by atoms with Crippen molar-refractivity contribution in [2.45, 2.75) is 78.1 Å². The Morgan fingerprint density at radius 3 is 2.09 bits per heavy atom. The van der Waals surface area contributed by atoms with Crippen LogP contribution in [0.5, 0.6) is 0 Å². The van der Waals surface area contributed by atoms with Crippen LogP contribution in [0.3, 0.4) is 0 Å². The zero-order chi connectivity index (χ0) is 23.0. The zero-order valence-electron chi connectivity index (χ0n) is 20.3. The van der Waals surface area contributed by atoms with Gasteiger partial charge in [0.15, 0.2) is 0 Å². The molecule has 172 valence electrons. The molecule has 3 aromatic carbocycles. The highest BCUT2D eigenvalue weighted by atomic mass is 19.1. The minimum absolute atomic E-state index is 0.0848. The van der Waals surface area contributed by atoms with Crippen LogP contribution in [0, 0.1) is 29.5 Å². The molecule has 0 N–H and O–H groups in total. The topological polar surface area (TPSA) is 0 Å². The Morgan fingerprint density at radius 1 is 0.727 bits per heavy atom. The Bertz CT molecular complexity index is 1100. The van der Waals surface area contributed by atoms with Gasteiger partial charge in [0.2, 0.25) is 0 Å². The van der Waals surface area contributed by atoms with Gasteiger partial charge in [-0.25, -0.2) is 4.39 Å². The van der Waals surface area contributed by atoms with E-state index >= 15 is 0 Å². The maximum absolute atomic E-state index is 14.7. The predicted octanol–water partition coefficient (Wildman–Crippen LogP) is 8.87. The molecule has 0 atom stereocenters. The molecule has 0 unspecified atom stereocenters. The second kappa shape index (κ2) is 11.5. The van der Waals surface area contributed by atoms with E-state index in [1.807, 2.05) is 30.3 Å². The molecule has 33 heavy (non-hydrogen) atoms. The van der Waals surface area contributed by atoms with E-state index in [9.17, 15) is 4.39 Å². The number of benzene rings is 3. The number of rotatable bonds is 7. The Hall–Kier alpha value is -2.59. The van der Waals surface area contributed by atoms with Gasteiger partial charge in [0.25, 0.3) is 0 Å². The van der Waals surface area contributed by atoms with Crippen molar-refractivity contribution < 1.29 is 4.39 Å². The van der Waals surface area contributed by atoms with Gasteiger partial charge in [-0.1, -0.05) is 101 Å². The molecule has 0 aliphatic heterocycles. The highest BCUT2D eigenvalue weighted by Gasteiger charge is 2.20. The van der Waals surface area contributed by atoms with Crippen molar-refractivity contribution in [1.82, 2.24) is 0 Å². The molecule has 0 radical (unpaired) electrons. The number of hydrogen-bond donors (Lipinski definition) is 0. The van der Waals surface area contributed by atoms with Crippen LogP contribution < -0.4 is 0 Å². The van der Waals surface area contributed by atoms with Gasteiger partial charge in [-0.05, 0) is 71.9 Å². The second-order valence-corrected chi connectivity index (χ2v) is 9.89. The molecule has 0 amide bonds. The molecule has 1 fully saturated rings. The zero-order valence-corrected chi connectivity index (χ0v) is 20.3. The SMILES string of the molecule is CCCc1ccc2cc(C#Cc3ccc(CCC4CCC(CCC)CC4)cc3)ccc2c1F. The first-order valence-corrected chi connectivity index (χ1v) is 13.0. The molecule has 4 rings (SSSR count). The van der Waals surface area contributed by atoms with E-state index in [0.717, 1.165) is 46.8 Å². The molecule has 0 bridgehead atoms. The van der Waals surface area contributed by atoms with E-state index in [0.29, 0.717) is 5.39 Å². The van der Waals surface area contributed by atoms with Crippen LogP contribution in [0.2, 0.25) is 0 Å². The molecule has 1 aliphatic rings. The van der Waals surface area contributed by atoms with Crippen LogP contribution in [-0.2, 0) is 12.8 Å². The summed E-state index contributed by atoms with van der Waals surface area (Å²) < 4.78 is 14.7. The maximum Gasteiger partial charge on any atom is 0.134 e. The minimum atomic E-state index is -0.0848. The summed E-state index contributed by atoms with van der Waals surface area (Å²) in [6.45, 7) is 4.39. The van der Waals surface area contributed by atoms with Crippen LogP contribution in [-0.4, -0.2) is 0 Å². The highest BCUT2D eigenvalue weighted by Crippen LogP contribution is 2.33. The lowest BCUT2D eigenvalue weighted by Gasteiger charge is -2.28. The Balaban J connectivity index is 1.34. The number of fused-ring (bicyclic) bond motifs is 1. The molecule has 0 nitrogen and oxygen atoms in total. The summed E-state index contributed by atoms with van der Waals surface area (Å²) in [5, 5.41) is 1.60. The third-order valence-electron chi connectivity index (χ3n) is 7.36. The summed E-state index contributed by atoms with van der Waals surface area (Å²) >= 11 is 0. The Labute approximate surface area is 199 Å². The third-order valence-corrected chi connectivity index (χ3v) is 7.36. The van der Waals surface area contributed by atoms with Gasteiger partial charge in [0, 0.05) is 16.5 Å². The van der Waals surface area contributed by atoms with Crippen molar-refractivity contribution in [3.63, 3.8) is 0 Å². The fraction of sp³-hybridized carbons (Fsp3) is 0.438. The second-order valence-electron chi connectivity index (χ2n) is 9.89. The fourth-order valence-corrected chi connectivity index (χ4v) is 5.36. The summed E-state index contributed by atoms with van der Waals surface area (Å²) in [4.78, 5) is 0. The van der Waals surface area contributed by atoms with Crippen molar-refractivity contribution in [2.75, 3.05) is 0 Å². The van der Waals surface area contributed by atoms with E-state index in [-0.39, 0.29) is 5.82 Å². The van der Waals surface area contributed by atoms with Crippen molar-refractivity contribution in [3.05, 3.63) is 82.7 Å². The van der Waals surface area contributed by atoms with Gasteiger partial charge >= 0.3 is 0 Å². The number of hydrogen-bond acceptors (Lipinski definition) is 0. The largest absolute Gasteiger partial charge is 0.206 e. The summed E-state index contributed by atoms with van der Waals surface area (Å²) in [6, 6.07) is 18.5. The Kier molecular flexibility index (Phi) is 8.22. The van der Waals surface area contributed by atoms with Crippen molar-refractivity contribution in [3.8, 4) is 11.8 Å². The van der Waals surface area contributed by atoms with Gasteiger partial charge < -0.3 is 0 Å². The molecule has 3 aromatic rings. The van der Waals surface area contributed by atoms with Crippen LogP contribution in [0.4, 0.5) is 4.39 Å². The van der Waals surface area contributed by atoms with Crippen molar-refractivity contribution in [1.29, 1.82) is 0 Å². The van der Waals surface area contributed by atoms with Gasteiger partial charge in [0.1, 0.15) is 5.82 Å². The van der Waals surface area contributed by atoms with E-state index in [2.05, 4.69) is 50.0 Å². The van der Waals surface area contributed by atoms with Crippen molar-refractivity contribution in [2.24, 2.45) is 11.8 Å². The summed E-state index contributed by atoms with van der Waals surface area (Å²) in [5.74, 6) is 8.35. The summed E-state index contributed by atoms with van der Waals surface area (Å²) in [5.41, 5.74) is 4.17. The molecule has 0 saturated heterocycles. The van der Waals surface area contributed by atoms with E-state index in [4.69, 9.17) is 0 Å². The third kappa shape index (κ3) is 6.26.